The Kier molecular flexibility index (Phi) is 11.7. The van der Waals surface area contributed by atoms with Crippen LogP contribution in [0.4, 0.5) is 0 Å². The highest BCUT2D eigenvalue weighted by Gasteiger charge is 2.74. The largest absolute Gasteiger partial charge is 0.394 e. The van der Waals surface area contributed by atoms with E-state index < -0.39 is 126 Å². The molecule has 7 fully saturated rings. The number of hydrogen-bond donors (Lipinski definition) is 10. The minimum atomic E-state index is -1.81. The minimum absolute atomic E-state index is 0.0316. The molecule has 0 aromatic rings. The fraction of sp³-hybridized carbons (Fsp3) is 1.00. The summed E-state index contributed by atoms with van der Waals surface area (Å²) in [6, 6.07) is 0. The maximum Gasteiger partial charge on any atom is 0.187 e. The van der Waals surface area contributed by atoms with Gasteiger partial charge in [-0.25, -0.2) is 0 Å². The van der Waals surface area contributed by atoms with Gasteiger partial charge in [-0.2, -0.15) is 0 Å². The summed E-state index contributed by atoms with van der Waals surface area (Å²) in [7, 11) is 0. The van der Waals surface area contributed by atoms with E-state index in [1.165, 1.54) is 0 Å². The number of rotatable bonds is 8. The van der Waals surface area contributed by atoms with Crippen LogP contribution in [0.1, 0.15) is 107 Å². The van der Waals surface area contributed by atoms with E-state index >= 15 is 0 Å². The maximum atomic E-state index is 12.4. The van der Waals surface area contributed by atoms with E-state index in [0.717, 1.165) is 25.7 Å². The Morgan fingerprint density at radius 1 is 0.684 bits per heavy atom. The molecule has 7 aliphatic rings. The molecule has 330 valence electrons. The molecule has 3 heterocycles. The number of aliphatic hydroxyl groups is 10. The summed E-state index contributed by atoms with van der Waals surface area (Å²) in [4.78, 5) is 0. The summed E-state index contributed by atoms with van der Waals surface area (Å²) >= 11 is 0. The zero-order chi connectivity index (χ0) is 42.0. The van der Waals surface area contributed by atoms with Crippen LogP contribution in [0.5, 0.6) is 0 Å². The summed E-state index contributed by atoms with van der Waals surface area (Å²) in [5.74, 6) is -0.343. The van der Waals surface area contributed by atoms with Gasteiger partial charge in [-0.05, 0) is 117 Å². The van der Waals surface area contributed by atoms with E-state index in [-0.39, 0.29) is 29.8 Å². The van der Waals surface area contributed by atoms with Crippen LogP contribution in [0.3, 0.4) is 0 Å². The first kappa shape index (κ1) is 44.5. The van der Waals surface area contributed by atoms with Gasteiger partial charge in [-0.1, -0.05) is 34.6 Å². The van der Waals surface area contributed by atoms with Crippen molar-refractivity contribution in [1.29, 1.82) is 0 Å². The molecule has 3 aliphatic heterocycles. The van der Waals surface area contributed by atoms with Crippen molar-refractivity contribution in [3.05, 3.63) is 0 Å². The second kappa shape index (κ2) is 15.0. The van der Waals surface area contributed by atoms with Crippen LogP contribution in [0.25, 0.3) is 0 Å². The highest BCUT2D eigenvalue weighted by atomic mass is 16.8. The summed E-state index contributed by atoms with van der Waals surface area (Å²) in [6.07, 6.45) is -12.6. The average molecular weight is 817 g/mol. The van der Waals surface area contributed by atoms with Gasteiger partial charge >= 0.3 is 0 Å². The molecule has 10 N–H and O–H groups in total. The normalized spacial score (nSPS) is 56.5. The lowest BCUT2D eigenvalue weighted by molar-refractivity contribution is -0.383. The van der Waals surface area contributed by atoms with Crippen molar-refractivity contribution < 1.29 is 74.7 Å². The molecule has 15 heteroatoms. The van der Waals surface area contributed by atoms with E-state index in [1.807, 2.05) is 13.8 Å². The minimum Gasteiger partial charge on any atom is -0.394 e. The molecule has 57 heavy (non-hydrogen) atoms. The zero-order valence-electron chi connectivity index (χ0n) is 35.0. The summed E-state index contributed by atoms with van der Waals surface area (Å²) < 4.78 is 31.8. The lowest BCUT2D eigenvalue weighted by Gasteiger charge is -2.72. The molecular weight excluding hydrogens is 744 g/mol. The summed E-state index contributed by atoms with van der Waals surface area (Å²) in [5, 5.41) is 109. The summed E-state index contributed by atoms with van der Waals surface area (Å²) in [6.45, 7) is 15.3. The molecule has 4 unspecified atom stereocenters. The molecule has 0 aromatic heterocycles. The first-order chi connectivity index (χ1) is 26.4. The monoisotopic (exact) mass is 816 g/mol. The number of ether oxygens (including phenoxy) is 5. The molecule has 0 spiro atoms. The Hall–Kier alpha value is -0.600. The average Bonchev–Trinajstić information content (AvgIpc) is 3.73. The third-order valence-corrected chi connectivity index (χ3v) is 17.4. The summed E-state index contributed by atoms with van der Waals surface area (Å²) in [5.41, 5.74) is -3.49. The Bertz CT molecular complexity index is 1440. The fourth-order valence-corrected chi connectivity index (χ4v) is 14.1. The Labute approximate surface area is 336 Å². The molecule has 0 radical (unpaired) electrons. The molecule has 15 nitrogen and oxygen atoms in total. The van der Waals surface area contributed by atoms with Gasteiger partial charge in [0.05, 0.1) is 48.8 Å². The van der Waals surface area contributed by atoms with Gasteiger partial charge in [0.1, 0.15) is 48.8 Å². The van der Waals surface area contributed by atoms with Crippen molar-refractivity contribution in [2.24, 2.45) is 45.3 Å². The highest BCUT2D eigenvalue weighted by Crippen LogP contribution is 2.76. The first-order valence-electron chi connectivity index (χ1n) is 21.4. The molecule has 7 rings (SSSR count). The van der Waals surface area contributed by atoms with Gasteiger partial charge in [-0.15, -0.1) is 0 Å². The van der Waals surface area contributed by atoms with Gasteiger partial charge in [0.2, 0.25) is 0 Å². The van der Waals surface area contributed by atoms with E-state index in [2.05, 4.69) is 27.7 Å². The molecule has 4 saturated carbocycles. The van der Waals surface area contributed by atoms with Crippen molar-refractivity contribution >= 4 is 0 Å². The quantitative estimate of drug-likeness (QED) is 0.148. The van der Waals surface area contributed by atoms with Gasteiger partial charge in [0.15, 0.2) is 12.6 Å². The van der Waals surface area contributed by atoms with Crippen LogP contribution in [0.2, 0.25) is 0 Å². The van der Waals surface area contributed by atoms with E-state index in [9.17, 15) is 51.1 Å². The Balaban J connectivity index is 1.26. The van der Waals surface area contributed by atoms with E-state index in [0.29, 0.717) is 25.7 Å². The Morgan fingerprint density at radius 3 is 1.89 bits per heavy atom. The van der Waals surface area contributed by atoms with Crippen molar-refractivity contribution in [2.45, 2.75) is 204 Å². The molecule has 0 aromatic carbocycles. The van der Waals surface area contributed by atoms with E-state index in [4.69, 9.17) is 23.7 Å². The van der Waals surface area contributed by atoms with Crippen LogP contribution in [0.15, 0.2) is 0 Å². The van der Waals surface area contributed by atoms with Crippen LogP contribution < -0.4 is 0 Å². The molecule has 4 aliphatic carbocycles. The number of hydrogen-bond acceptors (Lipinski definition) is 15. The maximum absolute atomic E-state index is 12.4. The third-order valence-electron chi connectivity index (χ3n) is 17.4. The molecule has 3 saturated heterocycles. The van der Waals surface area contributed by atoms with Crippen molar-refractivity contribution in [2.75, 3.05) is 13.2 Å². The smallest absolute Gasteiger partial charge is 0.187 e. The van der Waals surface area contributed by atoms with Gasteiger partial charge in [-0.3, -0.25) is 0 Å². The van der Waals surface area contributed by atoms with Crippen molar-refractivity contribution in [1.82, 2.24) is 0 Å². The first-order valence-corrected chi connectivity index (χ1v) is 21.4. The van der Waals surface area contributed by atoms with Crippen LogP contribution in [-0.2, 0) is 23.7 Å². The molecule has 0 bridgehead atoms. The highest BCUT2D eigenvalue weighted by molar-refractivity contribution is 5.22. The van der Waals surface area contributed by atoms with Crippen LogP contribution >= 0.6 is 0 Å². The molecule has 0 amide bonds. The fourth-order valence-electron chi connectivity index (χ4n) is 14.1. The van der Waals surface area contributed by atoms with Crippen molar-refractivity contribution in [3.8, 4) is 0 Å². The topological polar surface area (TPSA) is 248 Å². The van der Waals surface area contributed by atoms with Crippen LogP contribution in [-0.4, -0.2) is 161 Å². The van der Waals surface area contributed by atoms with Gasteiger partial charge in [0, 0.05) is 0 Å². The SMILES string of the molecule is CC(C)(O)[C@@H]1CC[C@@](C)(C2CC[C@]3(C)C2[C@H](O)CC2[C@@]4(C)CC[C@H](O)C(C)(C)C4[C@@H](O[C@H]4O[C@@H](CO)[C@H](O)[C@@H](O)[C@@H]4O[C@@H]4O[C@H](CO)[C@@H](O)[C@H](O)[C@H]4O)C[C@]23C)O1. The molecule has 22 atom stereocenters. The number of aliphatic hydroxyl groups excluding tert-OH is 9. The predicted molar refractivity (Wildman–Crippen MR) is 202 cm³/mol. The van der Waals surface area contributed by atoms with Crippen molar-refractivity contribution in [3.63, 3.8) is 0 Å². The molecular formula is C42H72O15. The number of fused-ring (bicyclic) bond motifs is 5. The lowest BCUT2D eigenvalue weighted by atomic mass is 9.34. The predicted octanol–water partition coefficient (Wildman–Crippen LogP) is 0.331. The van der Waals surface area contributed by atoms with Crippen LogP contribution in [0, 0.1) is 45.3 Å². The van der Waals surface area contributed by atoms with Gasteiger partial charge < -0.3 is 74.7 Å². The Morgan fingerprint density at radius 2 is 1.30 bits per heavy atom. The second-order valence-electron chi connectivity index (χ2n) is 21.2. The second-order valence-corrected chi connectivity index (χ2v) is 21.2. The van der Waals surface area contributed by atoms with Gasteiger partial charge in [0.25, 0.3) is 0 Å². The van der Waals surface area contributed by atoms with E-state index in [1.54, 1.807) is 13.8 Å². The zero-order valence-corrected chi connectivity index (χ0v) is 35.0. The standard InChI is InChI=1S/C42H72O15/c1-37(2)25(46)10-12-39(5)24-15-20(45)27-19(42(8)14-11-26(57-42)38(3,4)52)9-13-40(27,6)41(24,7)16-21(34(37)39)53-36-33(31(50)29(48)23(18-44)55-36)56-35-32(51)30(49)28(47)22(17-43)54-35/h19-36,43-52H,9-18H2,1-8H3/t19?,20-,21+,22-,23+,24?,25+,26+,27?,28-,29+,30+,31-,32-,33+,34?,35+,36+,39-,40-,41-,42+/m1/s1. The third kappa shape index (κ3) is 6.80. The lowest BCUT2D eigenvalue weighted by Crippen LogP contribution is -2.71.